The smallest absolute Gasteiger partial charge is 0.330 e. The largest absolute Gasteiger partial charge is 0.370 e. The van der Waals surface area contributed by atoms with E-state index in [-0.39, 0.29) is 12.5 Å². The lowest BCUT2D eigenvalue weighted by Gasteiger charge is -2.34. The van der Waals surface area contributed by atoms with Crippen LogP contribution in [0.2, 0.25) is 0 Å². The molecule has 0 unspecified atom stereocenters. The monoisotopic (exact) mass is 442 g/mol. The van der Waals surface area contributed by atoms with Crippen LogP contribution in [0.5, 0.6) is 0 Å². The van der Waals surface area contributed by atoms with Gasteiger partial charge in [0.15, 0.2) is 0 Å². The zero-order valence-electron chi connectivity index (χ0n) is 17.5. The fourth-order valence-corrected chi connectivity index (χ4v) is 3.45. The number of aryl methyl sites for hydroxylation is 2. The van der Waals surface area contributed by atoms with E-state index in [1.165, 1.54) is 5.56 Å². The van der Waals surface area contributed by atoms with Crippen LogP contribution in [0.3, 0.4) is 0 Å². The van der Waals surface area contributed by atoms with Gasteiger partial charge in [0.25, 0.3) is 5.91 Å². The Morgan fingerprint density at radius 2 is 1.81 bits per heavy atom. The van der Waals surface area contributed by atoms with Crippen LogP contribution in [-0.2, 0) is 24.9 Å². The van der Waals surface area contributed by atoms with Crippen molar-refractivity contribution in [2.75, 3.05) is 32.8 Å². The molecule has 0 spiro atoms. The molecule has 1 fully saturated rings. The molecule has 0 saturated carbocycles. The van der Waals surface area contributed by atoms with E-state index in [0.717, 1.165) is 25.3 Å². The minimum Gasteiger partial charge on any atom is -0.370 e. The first-order chi connectivity index (χ1) is 14.7. The van der Waals surface area contributed by atoms with Gasteiger partial charge in [0.2, 0.25) is 0 Å². The van der Waals surface area contributed by atoms with Gasteiger partial charge in [-0.15, -0.1) is 0 Å². The van der Waals surface area contributed by atoms with Crippen molar-refractivity contribution >= 4 is 5.91 Å². The van der Waals surface area contributed by atoms with Gasteiger partial charge in [-0.3, -0.25) is 14.4 Å². The van der Waals surface area contributed by atoms with E-state index < -0.39 is 19.0 Å². The van der Waals surface area contributed by atoms with Crippen molar-refractivity contribution in [3.8, 4) is 0 Å². The zero-order valence-corrected chi connectivity index (χ0v) is 17.5. The second-order valence-electron chi connectivity index (χ2n) is 7.73. The number of carbonyl (C=O) groups is 1. The molecule has 0 bridgehead atoms. The highest BCUT2D eigenvalue weighted by atomic mass is 19.3. The molecule has 3 rings (SSSR count). The molecule has 1 amide bonds. The number of benzene rings is 1. The lowest BCUT2D eigenvalue weighted by Crippen LogP contribution is -2.48. The molecule has 1 aliphatic rings. The molecule has 6 nitrogen and oxygen atoms in total. The highest BCUT2D eigenvalue weighted by Crippen LogP contribution is 2.23. The van der Waals surface area contributed by atoms with Gasteiger partial charge in [-0.2, -0.15) is 13.9 Å². The average Bonchev–Trinajstić information content (AvgIpc) is 3.05. The van der Waals surface area contributed by atoms with E-state index in [2.05, 4.69) is 10.00 Å². The molecule has 31 heavy (non-hydrogen) atoms. The number of carbonyl (C=O) groups excluding carboxylic acids is 1. The van der Waals surface area contributed by atoms with Crippen molar-refractivity contribution in [1.29, 1.82) is 0 Å². The summed E-state index contributed by atoms with van der Waals surface area (Å²) in [7, 11) is 1.89. The van der Waals surface area contributed by atoms with E-state index in [1.54, 1.807) is 33.8 Å². The summed E-state index contributed by atoms with van der Waals surface area (Å²) in [6, 6.07) is 6.35. The number of ether oxygens (including phenoxy) is 1. The van der Waals surface area contributed by atoms with Crippen LogP contribution in [0.25, 0.3) is 0 Å². The standard InChI is InChI=1S/C21H26F4N4O2/c1-15-18(11-27(2)26-15)12-28-7-9-29(10-8-28)19(30)17-5-3-16(4-6-17)13-31-14-21(24,25)20(22)23/h3-6,11,20H,7-10,12-14H2,1-2H3. The Hall–Kier alpha value is -2.46. The maximum Gasteiger partial charge on any atom is 0.330 e. The number of hydrogen-bond acceptors (Lipinski definition) is 4. The van der Waals surface area contributed by atoms with Gasteiger partial charge in [-0.25, -0.2) is 8.78 Å². The maximum absolute atomic E-state index is 12.9. The van der Waals surface area contributed by atoms with Crippen LogP contribution in [0.15, 0.2) is 30.5 Å². The summed E-state index contributed by atoms with van der Waals surface area (Å²) >= 11 is 0. The van der Waals surface area contributed by atoms with Gasteiger partial charge < -0.3 is 9.64 Å². The minimum absolute atomic E-state index is 0.103. The second kappa shape index (κ2) is 9.78. The second-order valence-corrected chi connectivity index (χ2v) is 7.73. The molecule has 0 atom stereocenters. The molecule has 1 aromatic carbocycles. The molecule has 1 saturated heterocycles. The SMILES string of the molecule is Cc1nn(C)cc1CN1CCN(C(=O)c2ccc(COCC(F)(F)C(F)F)cc2)CC1. The Morgan fingerprint density at radius 3 is 2.35 bits per heavy atom. The fraction of sp³-hybridized carbons (Fsp3) is 0.524. The summed E-state index contributed by atoms with van der Waals surface area (Å²) in [6.45, 7) is 3.90. The molecular formula is C21H26F4N4O2. The lowest BCUT2D eigenvalue weighted by molar-refractivity contribution is -0.168. The Morgan fingerprint density at radius 1 is 1.16 bits per heavy atom. The molecule has 2 aromatic rings. The predicted molar refractivity (Wildman–Crippen MR) is 106 cm³/mol. The Bertz CT molecular complexity index is 878. The minimum atomic E-state index is -4.17. The highest BCUT2D eigenvalue weighted by Gasteiger charge is 2.40. The Balaban J connectivity index is 1.47. The van der Waals surface area contributed by atoms with Gasteiger partial charge in [-0.05, 0) is 24.6 Å². The summed E-state index contributed by atoms with van der Waals surface area (Å²) in [4.78, 5) is 16.8. The fourth-order valence-electron chi connectivity index (χ4n) is 3.45. The molecule has 170 valence electrons. The van der Waals surface area contributed by atoms with Crippen LogP contribution in [0, 0.1) is 6.92 Å². The van der Waals surface area contributed by atoms with Crippen LogP contribution in [0.4, 0.5) is 17.6 Å². The van der Waals surface area contributed by atoms with Crippen molar-refractivity contribution in [3.05, 3.63) is 52.8 Å². The molecule has 10 heteroatoms. The molecular weight excluding hydrogens is 416 g/mol. The van der Waals surface area contributed by atoms with Crippen LogP contribution < -0.4 is 0 Å². The number of piperazine rings is 1. The summed E-state index contributed by atoms with van der Waals surface area (Å²) in [5.74, 6) is -4.28. The summed E-state index contributed by atoms with van der Waals surface area (Å²) < 4.78 is 56.5. The summed E-state index contributed by atoms with van der Waals surface area (Å²) in [5, 5.41) is 4.35. The zero-order chi connectivity index (χ0) is 22.6. The highest BCUT2D eigenvalue weighted by molar-refractivity contribution is 5.94. The van der Waals surface area contributed by atoms with Crippen molar-refractivity contribution in [2.45, 2.75) is 32.4 Å². The number of aromatic nitrogens is 2. The third-order valence-electron chi connectivity index (χ3n) is 5.25. The summed E-state index contributed by atoms with van der Waals surface area (Å²) in [6.07, 6.45) is -1.76. The Labute approximate surface area is 178 Å². The van der Waals surface area contributed by atoms with E-state index in [1.807, 2.05) is 20.2 Å². The number of alkyl halides is 4. The van der Waals surface area contributed by atoms with Crippen molar-refractivity contribution < 1.29 is 27.1 Å². The van der Waals surface area contributed by atoms with Crippen LogP contribution >= 0.6 is 0 Å². The topological polar surface area (TPSA) is 50.6 Å². The normalized spacial score (nSPS) is 15.6. The first-order valence-electron chi connectivity index (χ1n) is 9.99. The van der Waals surface area contributed by atoms with E-state index in [4.69, 9.17) is 4.74 Å². The average molecular weight is 442 g/mol. The van der Waals surface area contributed by atoms with Gasteiger partial charge in [-0.1, -0.05) is 12.1 Å². The maximum atomic E-state index is 12.9. The van der Waals surface area contributed by atoms with Gasteiger partial charge in [0.1, 0.15) is 6.61 Å². The van der Waals surface area contributed by atoms with E-state index in [9.17, 15) is 22.4 Å². The molecule has 0 N–H and O–H groups in total. The van der Waals surface area contributed by atoms with E-state index >= 15 is 0 Å². The quantitative estimate of drug-likeness (QED) is 0.590. The number of halogens is 4. The molecule has 1 aliphatic heterocycles. The predicted octanol–water partition coefficient (Wildman–Crippen LogP) is 3.10. The Kier molecular flexibility index (Phi) is 7.32. The molecule has 1 aromatic heterocycles. The number of hydrogen-bond donors (Lipinski definition) is 0. The molecule has 2 heterocycles. The molecule has 0 radical (unpaired) electrons. The van der Waals surface area contributed by atoms with Crippen molar-refractivity contribution in [3.63, 3.8) is 0 Å². The number of rotatable bonds is 8. The lowest BCUT2D eigenvalue weighted by atomic mass is 10.1. The number of amides is 1. The first-order valence-corrected chi connectivity index (χ1v) is 9.99. The third-order valence-corrected chi connectivity index (χ3v) is 5.25. The van der Waals surface area contributed by atoms with Gasteiger partial charge in [0.05, 0.1) is 12.3 Å². The van der Waals surface area contributed by atoms with Crippen LogP contribution in [-0.4, -0.2) is 70.6 Å². The summed E-state index contributed by atoms with van der Waals surface area (Å²) in [5.41, 5.74) is 3.19. The van der Waals surface area contributed by atoms with E-state index in [0.29, 0.717) is 24.2 Å². The van der Waals surface area contributed by atoms with Crippen LogP contribution in [0.1, 0.15) is 27.2 Å². The number of nitrogens with zero attached hydrogens (tertiary/aromatic N) is 4. The van der Waals surface area contributed by atoms with Crippen molar-refractivity contribution in [1.82, 2.24) is 19.6 Å². The van der Waals surface area contributed by atoms with Gasteiger partial charge in [0, 0.05) is 57.1 Å². The third kappa shape index (κ3) is 6.04. The van der Waals surface area contributed by atoms with Gasteiger partial charge >= 0.3 is 12.3 Å². The first kappa shape index (κ1) is 23.2. The van der Waals surface area contributed by atoms with Crippen molar-refractivity contribution in [2.24, 2.45) is 7.05 Å². The molecule has 0 aliphatic carbocycles.